The van der Waals surface area contributed by atoms with Gasteiger partial charge in [-0.1, -0.05) is 35.9 Å². The molecule has 26 heavy (non-hydrogen) atoms. The Morgan fingerprint density at radius 1 is 1.04 bits per heavy atom. The van der Waals surface area contributed by atoms with Crippen molar-refractivity contribution in [3.8, 4) is 0 Å². The van der Waals surface area contributed by atoms with Gasteiger partial charge in [0.2, 0.25) is 5.91 Å². The van der Waals surface area contributed by atoms with Crippen molar-refractivity contribution < 1.29 is 4.79 Å². The molecule has 0 unspecified atom stereocenters. The van der Waals surface area contributed by atoms with E-state index < -0.39 is 0 Å². The van der Waals surface area contributed by atoms with Crippen LogP contribution in [0.5, 0.6) is 0 Å². The summed E-state index contributed by atoms with van der Waals surface area (Å²) in [6.45, 7) is 2.14. The first kappa shape index (κ1) is 16.0. The van der Waals surface area contributed by atoms with Gasteiger partial charge in [0.05, 0.1) is 5.41 Å². The molecule has 0 saturated heterocycles. The number of nitrogens with zero attached hydrogens (tertiary/aromatic N) is 1. The fourth-order valence-corrected chi connectivity index (χ4v) is 6.46. The standard InChI is InChI=1S/C23H26N2O/c1-16-5-7-19(8-6-16)22-11-17-10-18(12-22)14-23(13-17,15-22)21(26)25-20-4-2-3-9-24-20/h2-9,17-18H,10-15H2,1H3,(H,24,25,26)/t17-,18-,22?,23?/m1/s1. The van der Waals surface area contributed by atoms with E-state index in [1.165, 1.54) is 30.4 Å². The molecule has 1 aromatic carbocycles. The van der Waals surface area contributed by atoms with E-state index in [4.69, 9.17) is 0 Å². The minimum Gasteiger partial charge on any atom is -0.310 e. The van der Waals surface area contributed by atoms with Gasteiger partial charge in [-0.25, -0.2) is 4.98 Å². The number of pyridine rings is 1. The maximum atomic E-state index is 13.3. The fraction of sp³-hybridized carbons (Fsp3) is 0.478. The maximum Gasteiger partial charge on any atom is 0.231 e. The SMILES string of the molecule is Cc1ccc(C23C[C@H]4C[C@@H](CC(C(=O)Nc5ccccn5)(C4)C2)C3)cc1. The quantitative estimate of drug-likeness (QED) is 0.862. The molecular weight excluding hydrogens is 320 g/mol. The molecule has 2 aromatic rings. The number of amides is 1. The van der Waals surface area contributed by atoms with Gasteiger partial charge in [0.1, 0.15) is 5.82 Å². The van der Waals surface area contributed by atoms with Crippen molar-refractivity contribution in [2.75, 3.05) is 5.32 Å². The van der Waals surface area contributed by atoms with Crippen LogP contribution in [0.15, 0.2) is 48.7 Å². The Morgan fingerprint density at radius 3 is 2.42 bits per heavy atom. The van der Waals surface area contributed by atoms with E-state index in [1.807, 2.05) is 18.2 Å². The van der Waals surface area contributed by atoms with Crippen molar-refractivity contribution in [3.05, 3.63) is 59.8 Å². The second kappa shape index (κ2) is 5.67. The number of anilines is 1. The van der Waals surface area contributed by atoms with Gasteiger partial charge < -0.3 is 5.32 Å². The monoisotopic (exact) mass is 346 g/mol. The molecule has 3 nitrogen and oxygen atoms in total. The molecule has 1 amide bonds. The van der Waals surface area contributed by atoms with Crippen molar-refractivity contribution >= 4 is 11.7 Å². The lowest BCUT2D eigenvalue weighted by molar-refractivity contribution is -0.143. The second-order valence-corrected chi connectivity index (χ2v) is 9.06. The van der Waals surface area contributed by atoms with Crippen LogP contribution in [0.2, 0.25) is 0 Å². The third-order valence-corrected chi connectivity index (χ3v) is 7.11. The highest BCUT2D eigenvalue weighted by Crippen LogP contribution is 2.65. The number of carbonyl (C=O) groups excluding carboxylic acids is 1. The molecule has 6 rings (SSSR count). The van der Waals surface area contributed by atoms with E-state index in [0.29, 0.717) is 17.7 Å². The van der Waals surface area contributed by atoms with Crippen LogP contribution in [-0.2, 0) is 10.2 Å². The van der Waals surface area contributed by atoms with E-state index in [0.717, 1.165) is 19.3 Å². The lowest BCUT2D eigenvalue weighted by Gasteiger charge is -2.61. The van der Waals surface area contributed by atoms with E-state index >= 15 is 0 Å². The topological polar surface area (TPSA) is 42.0 Å². The molecule has 3 heteroatoms. The van der Waals surface area contributed by atoms with Crippen molar-refractivity contribution in [2.45, 2.75) is 50.9 Å². The smallest absolute Gasteiger partial charge is 0.231 e. The summed E-state index contributed by atoms with van der Waals surface area (Å²) in [4.78, 5) is 17.6. The highest BCUT2D eigenvalue weighted by atomic mass is 16.2. The molecule has 4 aliphatic carbocycles. The summed E-state index contributed by atoms with van der Waals surface area (Å²) in [6, 6.07) is 14.8. The number of rotatable bonds is 3. The summed E-state index contributed by atoms with van der Waals surface area (Å²) in [7, 11) is 0. The van der Waals surface area contributed by atoms with Crippen LogP contribution in [0.25, 0.3) is 0 Å². The Hall–Kier alpha value is -2.16. The largest absolute Gasteiger partial charge is 0.310 e. The number of aromatic nitrogens is 1. The average molecular weight is 346 g/mol. The lowest BCUT2D eigenvalue weighted by atomic mass is 9.42. The van der Waals surface area contributed by atoms with Crippen LogP contribution >= 0.6 is 0 Å². The van der Waals surface area contributed by atoms with Crippen molar-refractivity contribution in [3.63, 3.8) is 0 Å². The molecule has 1 heterocycles. The Morgan fingerprint density at radius 2 is 1.77 bits per heavy atom. The molecule has 0 spiro atoms. The van der Waals surface area contributed by atoms with Gasteiger partial charge in [-0.2, -0.15) is 0 Å². The molecule has 1 N–H and O–H groups in total. The number of hydrogen-bond acceptors (Lipinski definition) is 2. The van der Waals surface area contributed by atoms with Crippen molar-refractivity contribution in [2.24, 2.45) is 17.3 Å². The van der Waals surface area contributed by atoms with Crippen LogP contribution in [0.4, 0.5) is 5.82 Å². The molecule has 0 radical (unpaired) electrons. The van der Waals surface area contributed by atoms with E-state index in [-0.39, 0.29) is 16.7 Å². The minimum atomic E-state index is -0.216. The minimum absolute atomic E-state index is 0.194. The van der Waals surface area contributed by atoms with Gasteiger partial charge in [-0.3, -0.25) is 4.79 Å². The molecule has 0 aliphatic heterocycles. The average Bonchev–Trinajstić information content (AvgIpc) is 2.62. The van der Waals surface area contributed by atoms with Gasteiger partial charge in [-0.05, 0) is 80.4 Å². The molecule has 4 bridgehead atoms. The van der Waals surface area contributed by atoms with Crippen LogP contribution < -0.4 is 5.32 Å². The second-order valence-electron chi connectivity index (χ2n) is 9.06. The number of carbonyl (C=O) groups is 1. The first-order valence-electron chi connectivity index (χ1n) is 9.87. The van der Waals surface area contributed by atoms with E-state index in [2.05, 4.69) is 41.5 Å². The Bertz CT molecular complexity index is 813. The first-order chi connectivity index (χ1) is 12.6. The fourth-order valence-electron chi connectivity index (χ4n) is 6.46. The van der Waals surface area contributed by atoms with Crippen LogP contribution in [0, 0.1) is 24.2 Å². The van der Waals surface area contributed by atoms with Gasteiger partial charge in [-0.15, -0.1) is 0 Å². The lowest BCUT2D eigenvalue weighted by Crippen LogP contribution is -2.58. The number of aryl methyl sites for hydroxylation is 1. The number of benzene rings is 1. The Labute approximate surface area is 155 Å². The van der Waals surface area contributed by atoms with Crippen LogP contribution in [0.3, 0.4) is 0 Å². The van der Waals surface area contributed by atoms with Gasteiger partial charge >= 0.3 is 0 Å². The van der Waals surface area contributed by atoms with Crippen molar-refractivity contribution in [1.29, 1.82) is 0 Å². The first-order valence-corrected chi connectivity index (χ1v) is 9.87. The van der Waals surface area contributed by atoms with Gasteiger partial charge in [0, 0.05) is 6.20 Å². The predicted octanol–water partition coefficient (Wildman–Crippen LogP) is 4.87. The third-order valence-electron chi connectivity index (χ3n) is 7.11. The summed E-state index contributed by atoms with van der Waals surface area (Å²) >= 11 is 0. The molecule has 1 aromatic heterocycles. The Balaban J connectivity index is 1.48. The maximum absolute atomic E-state index is 13.3. The van der Waals surface area contributed by atoms with Gasteiger partial charge in [0.15, 0.2) is 0 Å². The molecule has 4 aliphatic rings. The molecule has 134 valence electrons. The van der Waals surface area contributed by atoms with Crippen molar-refractivity contribution in [1.82, 2.24) is 4.98 Å². The third kappa shape index (κ3) is 2.48. The number of nitrogens with one attached hydrogen (secondary N) is 1. The summed E-state index contributed by atoms with van der Waals surface area (Å²) in [5.41, 5.74) is 2.74. The summed E-state index contributed by atoms with van der Waals surface area (Å²) in [5.74, 6) is 2.25. The van der Waals surface area contributed by atoms with E-state index in [9.17, 15) is 4.79 Å². The zero-order valence-electron chi connectivity index (χ0n) is 15.4. The number of hydrogen-bond donors (Lipinski definition) is 1. The summed E-state index contributed by atoms with van der Waals surface area (Å²) in [6.07, 6.45) is 8.66. The molecule has 2 atom stereocenters. The zero-order chi connectivity index (χ0) is 17.8. The van der Waals surface area contributed by atoms with Crippen LogP contribution in [0.1, 0.15) is 49.7 Å². The summed E-state index contributed by atoms with van der Waals surface area (Å²) in [5, 5.41) is 3.13. The molecular formula is C23H26N2O. The zero-order valence-corrected chi connectivity index (χ0v) is 15.4. The summed E-state index contributed by atoms with van der Waals surface area (Å²) < 4.78 is 0. The van der Waals surface area contributed by atoms with Crippen LogP contribution in [-0.4, -0.2) is 10.9 Å². The predicted molar refractivity (Wildman–Crippen MR) is 103 cm³/mol. The van der Waals surface area contributed by atoms with Gasteiger partial charge in [0.25, 0.3) is 0 Å². The van der Waals surface area contributed by atoms with E-state index in [1.54, 1.807) is 6.20 Å². The highest BCUT2D eigenvalue weighted by Gasteiger charge is 2.60. The molecule has 4 saturated carbocycles. The Kier molecular flexibility index (Phi) is 3.50. The normalized spacial score (nSPS) is 34.7. The molecule has 4 fully saturated rings. The highest BCUT2D eigenvalue weighted by molar-refractivity contribution is 5.95.